The highest BCUT2D eigenvalue weighted by Crippen LogP contribution is 2.44. The number of alkyl carbamates (subject to hydrolysis) is 1. The SMILES string of the molecule is CC(CCNC(=O)C1(CNC(=O)OCC2c3ccccc3-c3ccccc32)CCC1)C(=O)O. The number of carboxylic acids is 1. The lowest BCUT2D eigenvalue weighted by Crippen LogP contribution is -2.52. The standard InChI is InChI=1S/C26H30N2O5/c1-17(23(29)30)11-14-27-24(31)26(12-6-13-26)16-28-25(32)33-15-22-20-9-4-2-7-18(20)19-8-3-5-10-21(19)22/h2-5,7-10,17,22H,6,11-16H2,1H3,(H,27,31)(H,28,32)(H,29,30). The lowest BCUT2D eigenvalue weighted by Gasteiger charge is -2.40. The van der Waals surface area contributed by atoms with E-state index in [4.69, 9.17) is 9.84 Å². The van der Waals surface area contributed by atoms with Crippen molar-refractivity contribution in [1.29, 1.82) is 0 Å². The molecule has 2 aromatic rings. The summed E-state index contributed by atoms with van der Waals surface area (Å²) >= 11 is 0. The Morgan fingerprint density at radius 1 is 1.03 bits per heavy atom. The second-order valence-corrected chi connectivity index (χ2v) is 9.10. The van der Waals surface area contributed by atoms with E-state index < -0.39 is 23.4 Å². The molecule has 3 N–H and O–H groups in total. The number of fused-ring (bicyclic) bond motifs is 3. The first-order chi connectivity index (χ1) is 15.9. The van der Waals surface area contributed by atoms with E-state index >= 15 is 0 Å². The zero-order valence-corrected chi connectivity index (χ0v) is 18.8. The Morgan fingerprint density at radius 2 is 1.64 bits per heavy atom. The van der Waals surface area contributed by atoms with E-state index in [1.165, 1.54) is 11.1 Å². The van der Waals surface area contributed by atoms with Gasteiger partial charge in [0.15, 0.2) is 0 Å². The van der Waals surface area contributed by atoms with Crippen molar-refractivity contribution in [2.45, 2.75) is 38.5 Å². The van der Waals surface area contributed by atoms with Gasteiger partial charge in [0.1, 0.15) is 6.61 Å². The highest BCUT2D eigenvalue weighted by atomic mass is 16.5. The molecule has 1 fully saturated rings. The first-order valence-electron chi connectivity index (χ1n) is 11.5. The molecule has 1 saturated carbocycles. The lowest BCUT2D eigenvalue weighted by molar-refractivity contribution is -0.142. The van der Waals surface area contributed by atoms with E-state index in [-0.39, 0.29) is 25.0 Å². The Bertz CT molecular complexity index is 1000. The van der Waals surface area contributed by atoms with Gasteiger partial charge in [-0.25, -0.2) is 4.79 Å². The maximum Gasteiger partial charge on any atom is 0.407 e. The summed E-state index contributed by atoms with van der Waals surface area (Å²) in [6, 6.07) is 16.3. The molecule has 2 aliphatic carbocycles. The van der Waals surface area contributed by atoms with Gasteiger partial charge in [-0.3, -0.25) is 9.59 Å². The molecule has 0 spiro atoms. The summed E-state index contributed by atoms with van der Waals surface area (Å²) in [6.07, 6.45) is 2.14. The van der Waals surface area contributed by atoms with Gasteiger partial charge in [-0.15, -0.1) is 0 Å². The van der Waals surface area contributed by atoms with Crippen LogP contribution in [0.3, 0.4) is 0 Å². The van der Waals surface area contributed by atoms with E-state index in [9.17, 15) is 14.4 Å². The third kappa shape index (κ3) is 4.72. The van der Waals surface area contributed by atoms with Gasteiger partial charge < -0.3 is 20.5 Å². The zero-order valence-electron chi connectivity index (χ0n) is 18.8. The van der Waals surface area contributed by atoms with Crippen LogP contribution < -0.4 is 10.6 Å². The van der Waals surface area contributed by atoms with Crippen molar-refractivity contribution in [2.24, 2.45) is 11.3 Å². The maximum absolute atomic E-state index is 12.7. The van der Waals surface area contributed by atoms with Gasteiger partial charge in [0.25, 0.3) is 0 Å². The van der Waals surface area contributed by atoms with Crippen molar-refractivity contribution >= 4 is 18.0 Å². The minimum absolute atomic E-state index is 0.0136. The molecular weight excluding hydrogens is 420 g/mol. The summed E-state index contributed by atoms with van der Waals surface area (Å²) in [6.45, 7) is 2.36. The van der Waals surface area contributed by atoms with Crippen molar-refractivity contribution in [1.82, 2.24) is 10.6 Å². The quantitative estimate of drug-likeness (QED) is 0.537. The summed E-state index contributed by atoms with van der Waals surface area (Å²) in [5.74, 6) is -1.54. The minimum Gasteiger partial charge on any atom is -0.481 e. The van der Waals surface area contributed by atoms with Crippen molar-refractivity contribution in [3.8, 4) is 11.1 Å². The predicted octanol–water partition coefficient (Wildman–Crippen LogP) is 3.92. The lowest BCUT2D eigenvalue weighted by atomic mass is 9.68. The fraction of sp³-hybridized carbons (Fsp3) is 0.423. The van der Waals surface area contributed by atoms with Crippen molar-refractivity contribution < 1.29 is 24.2 Å². The summed E-state index contributed by atoms with van der Waals surface area (Å²) in [4.78, 5) is 36.1. The number of ether oxygens (including phenoxy) is 1. The molecule has 1 unspecified atom stereocenters. The van der Waals surface area contributed by atoms with Gasteiger partial charge in [0.05, 0.1) is 11.3 Å². The van der Waals surface area contributed by atoms with Gasteiger partial charge in [0.2, 0.25) is 5.91 Å². The average Bonchev–Trinajstić information content (AvgIpc) is 3.10. The number of carbonyl (C=O) groups excluding carboxylic acids is 2. The van der Waals surface area contributed by atoms with Crippen LogP contribution in [-0.4, -0.2) is 42.8 Å². The monoisotopic (exact) mass is 450 g/mol. The number of carboxylic acid groups (broad SMARTS) is 1. The van der Waals surface area contributed by atoms with Crippen LogP contribution in [0.15, 0.2) is 48.5 Å². The number of amides is 2. The maximum atomic E-state index is 12.7. The molecule has 0 aliphatic heterocycles. The summed E-state index contributed by atoms with van der Waals surface area (Å²) in [5.41, 5.74) is 4.00. The molecule has 0 heterocycles. The minimum atomic E-state index is -0.875. The third-order valence-corrected chi connectivity index (χ3v) is 6.99. The van der Waals surface area contributed by atoms with Gasteiger partial charge >= 0.3 is 12.1 Å². The van der Waals surface area contributed by atoms with E-state index in [1.54, 1.807) is 6.92 Å². The Labute approximate surface area is 193 Å². The highest BCUT2D eigenvalue weighted by Gasteiger charge is 2.44. The normalized spacial score (nSPS) is 16.6. The van der Waals surface area contributed by atoms with Crippen LogP contribution in [0.4, 0.5) is 4.79 Å². The molecule has 0 radical (unpaired) electrons. The van der Waals surface area contributed by atoms with Gasteiger partial charge in [0, 0.05) is 19.0 Å². The fourth-order valence-electron chi connectivity index (χ4n) is 4.69. The number of nitrogens with one attached hydrogen (secondary N) is 2. The van der Waals surface area contributed by atoms with Crippen molar-refractivity contribution in [3.63, 3.8) is 0 Å². The van der Waals surface area contributed by atoms with Gasteiger partial charge in [-0.05, 0) is 41.5 Å². The van der Waals surface area contributed by atoms with Crippen molar-refractivity contribution in [3.05, 3.63) is 59.7 Å². The Hall–Kier alpha value is -3.35. The number of hydrogen-bond acceptors (Lipinski definition) is 4. The van der Waals surface area contributed by atoms with Crippen LogP contribution in [-0.2, 0) is 14.3 Å². The molecule has 7 heteroatoms. The zero-order chi connectivity index (χ0) is 23.4. The topological polar surface area (TPSA) is 105 Å². The molecule has 0 saturated heterocycles. The van der Waals surface area contributed by atoms with Crippen LogP contribution in [0.5, 0.6) is 0 Å². The van der Waals surface area contributed by atoms with Crippen LogP contribution in [0, 0.1) is 11.3 Å². The first kappa shape index (κ1) is 22.8. The highest BCUT2D eigenvalue weighted by molar-refractivity contribution is 5.84. The first-order valence-corrected chi connectivity index (χ1v) is 11.5. The molecule has 4 rings (SSSR count). The smallest absolute Gasteiger partial charge is 0.407 e. The molecule has 0 aromatic heterocycles. The van der Waals surface area contributed by atoms with E-state index in [0.29, 0.717) is 25.8 Å². The molecular formula is C26H30N2O5. The van der Waals surface area contributed by atoms with E-state index in [0.717, 1.165) is 17.5 Å². The summed E-state index contributed by atoms with van der Waals surface area (Å²) in [7, 11) is 0. The fourth-order valence-corrected chi connectivity index (χ4v) is 4.69. The second kappa shape index (κ2) is 9.65. The molecule has 7 nitrogen and oxygen atoms in total. The number of hydrogen-bond donors (Lipinski definition) is 3. The Kier molecular flexibility index (Phi) is 6.67. The number of carbonyl (C=O) groups is 3. The third-order valence-electron chi connectivity index (χ3n) is 6.99. The largest absolute Gasteiger partial charge is 0.481 e. The molecule has 33 heavy (non-hydrogen) atoms. The number of aliphatic carboxylic acids is 1. The number of rotatable bonds is 9. The van der Waals surface area contributed by atoms with Gasteiger partial charge in [-0.2, -0.15) is 0 Å². The van der Waals surface area contributed by atoms with E-state index in [1.807, 2.05) is 24.3 Å². The second-order valence-electron chi connectivity index (χ2n) is 9.10. The van der Waals surface area contributed by atoms with Crippen LogP contribution in [0.2, 0.25) is 0 Å². The molecule has 2 amide bonds. The van der Waals surface area contributed by atoms with Crippen LogP contribution in [0.25, 0.3) is 11.1 Å². The number of benzene rings is 2. The summed E-state index contributed by atoms with van der Waals surface area (Å²) in [5, 5.41) is 14.6. The molecule has 174 valence electrons. The van der Waals surface area contributed by atoms with Crippen LogP contribution >= 0.6 is 0 Å². The molecule has 2 aromatic carbocycles. The summed E-state index contributed by atoms with van der Waals surface area (Å²) < 4.78 is 5.58. The Balaban J connectivity index is 1.29. The molecule has 0 bridgehead atoms. The molecule has 1 atom stereocenters. The van der Waals surface area contributed by atoms with E-state index in [2.05, 4.69) is 34.9 Å². The van der Waals surface area contributed by atoms with Crippen LogP contribution in [0.1, 0.15) is 49.7 Å². The average molecular weight is 451 g/mol. The van der Waals surface area contributed by atoms with Crippen molar-refractivity contribution in [2.75, 3.05) is 19.7 Å². The predicted molar refractivity (Wildman–Crippen MR) is 124 cm³/mol. The Morgan fingerprint density at radius 3 is 2.18 bits per heavy atom. The molecule has 2 aliphatic rings. The van der Waals surface area contributed by atoms with Gasteiger partial charge in [-0.1, -0.05) is 61.9 Å².